The molecule has 3 rings (SSSR count). The molecule has 1 aromatic carbocycles. The van der Waals surface area contributed by atoms with Gasteiger partial charge in [-0.1, -0.05) is 20.8 Å². The van der Waals surface area contributed by atoms with Crippen LogP contribution in [-0.2, 0) is 19.1 Å². The number of benzene rings is 1. The predicted octanol–water partition coefficient (Wildman–Crippen LogP) is 2.75. The fourth-order valence-corrected chi connectivity index (χ4v) is 3.72. The van der Waals surface area contributed by atoms with Crippen LogP contribution in [-0.4, -0.2) is 48.2 Å². The van der Waals surface area contributed by atoms with Crippen LogP contribution in [0.4, 0.5) is 5.69 Å². The van der Waals surface area contributed by atoms with Crippen molar-refractivity contribution >= 4 is 29.3 Å². The van der Waals surface area contributed by atoms with Crippen molar-refractivity contribution in [2.75, 3.05) is 25.0 Å². The normalized spacial score (nSPS) is 19.5. The van der Waals surface area contributed by atoms with Gasteiger partial charge in [-0.3, -0.25) is 19.2 Å². The number of likely N-dealkylation sites (tertiary alicyclic amines) is 1. The van der Waals surface area contributed by atoms with E-state index in [1.54, 1.807) is 30.0 Å². The van der Waals surface area contributed by atoms with Gasteiger partial charge in [0.1, 0.15) is 0 Å². The number of nitrogens with zero attached hydrogens (tertiary/aromatic N) is 1. The van der Waals surface area contributed by atoms with Crippen molar-refractivity contribution in [2.45, 2.75) is 46.5 Å². The Morgan fingerprint density at radius 1 is 1.17 bits per heavy atom. The first kappa shape index (κ1) is 21.0. The van der Waals surface area contributed by atoms with Gasteiger partial charge in [-0.15, -0.1) is 0 Å². The molecule has 29 heavy (non-hydrogen) atoms. The minimum Gasteiger partial charge on any atom is -0.457 e. The van der Waals surface area contributed by atoms with Crippen molar-refractivity contribution in [3.05, 3.63) is 29.3 Å². The molecule has 0 radical (unpaired) electrons. The molecule has 2 aliphatic rings. The highest BCUT2D eigenvalue weighted by Crippen LogP contribution is 2.32. The molecule has 0 spiro atoms. The summed E-state index contributed by atoms with van der Waals surface area (Å²) in [5.74, 6) is -1.30. The molecule has 0 aliphatic carbocycles. The summed E-state index contributed by atoms with van der Waals surface area (Å²) in [7, 11) is 0. The Bertz CT molecular complexity index is 847. The van der Waals surface area contributed by atoms with Crippen LogP contribution in [0, 0.1) is 11.3 Å². The number of nitrogens with one attached hydrogen (secondary N) is 1. The van der Waals surface area contributed by atoms with E-state index < -0.39 is 11.4 Å². The fourth-order valence-electron chi connectivity index (χ4n) is 3.72. The largest absolute Gasteiger partial charge is 0.457 e. The first-order valence-electron chi connectivity index (χ1n) is 10.0. The van der Waals surface area contributed by atoms with E-state index in [0.29, 0.717) is 37.2 Å². The number of anilines is 1. The smallest absolute Gasteiger partial charge is 0.309 e. The number of rotatable bonds is 4. The summed E-state index contributed by atoms with van der Waals surface area (Å²) in [6.45, 7) is 8.15. The van der Waals surface area contributed by atoms with Crippen molar-refractivity contribution in [2.24, 2.45) is 11.3 Å². The zero-order valence-corrected chi connectivity index (χ0v) is 17.4. The number of hydrogen-bond acceptors (Lipinski definition) is 5. The van der Waals surface area contributed by atoms with E-state index in [-0.39, 0.29) is 36.0 Å². The molecule has 0 bridgehead atoms. The summed E-state index contributed by atoms with van der Waals surface area (Å²) in [4.78, 5) is 50.6. The van der Waals surface area contributed by atoms with Crippen LogP contribution in [0.25, 0.3) is 0 Å². The van der Waals surface area contributed by atoms with Gasteiger partial charge >= 0.3 is 5.97 Å². The highest BCUT2D eigenvalue weighted by molar-refractivity contribution is 6.05. The van der Waals surface area contributed by atoms with Gasteiger partial charge in [0.15, 0.2) is 12.4 Å². The second kappa shape index (κ2) is 7.97. The first-order chi connectivity index (χ1) is 13.6. The minimum atomic E-state index is -0.437. The third kappa shape index (κ3) is 4.49. The number of carbonyl (C=O) groups is 4. The maximum atomic E-state index is 12.4. The van der Waals surface area contributed by atoms with Gasteiger partial charge < -0.3 is 15.0 Å². The monoisotopic (exact) mass is 400 g/mol. The molecular formula is C22H28N2O5. The summed E-state index contributed by atoms with van der Waals surface area (Å²) < 4.78 is 5.25. The highest BCUT2D eigenvalue weighted by atomic mass is 16.5. The number of piperidine rings is 1. The molecule has 0 saturated carbocycles. The van der Waals surface area contributed by atoms with Crippen LogP contribution >= 0.6 is 0 Å². The predicted molar refractivity (Wildman–Crippen MR) is 108 cm³/mol. The summed E-state index contributed by atoms with van der Waals surface area (Å²) in [5.41, 5.74) is 1.48. The number of esters is 1. The first-order valence-corrected chi connectivity index (χ1v) is 10.0. The molecule has 2 amide bonds. The lowest BCUT2D eigenvalue weighted by Crippen LogP contribution is -2.45. The average molecular weight is 400 g/mol. The molecule has 1 fully saturated rings. The standard InChI is InChI=1S/C22H28N2O5/c1-13-16-11-15(5-6-17(16)23-19(13)26)18(25)12-29-20(27)14-7-9-24(10-8-14)21(28)22(2,3)4/h5-6,11,13-14H,7-10,12H2,1-4H3,(H,23,26)/t13-/m1/s1. The number of Topliss-reactive ketones (excluding diaryl/α,β-unsaturated/α-hetero) is 1. The van der Waals surface area contributed by atoms with Crippen molar-refractivity contribution in [3.8, 4) is 0 Å². The molecule has 156 valence electrons. The van der Waals surface area contributed by atoms with Gasteiger partial charge in [0.25, 0.3) is 0 Å². The average Bonchev–Trinajstić information content (AvgIpc) is 2.98. The van der Waals surface area contributed by atoms with E-state index in [4.69, 9.17) is 4.74 Å². The lowest BCUT2D eigenvalue weighted by molar-refractivity contribution is -0.152. The van der Waals surface area contributed by atoms with Gasteiger partial charge in [-0.05, 0) is 43.5 Å². The van der Waals surface area contributed by atoms with E-state index in [9.17, 15) is 19.2 Å². The molecule has 7 nitrogen and oxygen atoms in total. The minimum absolute atomic E-state index is 0.0818. The van der Waals surface area contributed by atoms with Crippen molar-refractivity contribution in [3.63, 3.8) is 0 Å². The zero-order valence-electron chi connectivity index (χ0n) is 17.4. The van der Waals surface area contributed by atoms with Crippen LogP contribution in [0.2, 0.25) is 0 Å². The van der Waals surface area contributed by atoms with E-state index in [2.05, 4.69) is 5.32 Å². The van der Waals surface area contributed by atoms with Gasteiger partial charge in [0.05, 0.1) is 11.8 Å². The topological polar surface area (TPSA) is 92.8 Å². The summed E-state index contributed by atoms with van der Waals surface area (Å²) in [5, 5.41) is 2.76. The molecule has 7 heteroatoms. The lowest BCUT2D eigenvalue weighted by Gasteiger charge is -2.34. The van der Waals surface area contributed by atoms with E-state index >= 15 is 0 Å². The summed E-state index contributed by atoms with van der Waals surface area (Å²) in [6, 6.07) is 5.02. The second-order valence-electron chi connectivity index (χ2n) is 8.86. The third-order valence-electron chi connectivity index (χ3n) is 5.59. The van der Waals surface area contributed by atoms with Crippen LogP contribution in [0.15, 0.2) is 18.2 Å². The lowest BCUT2D eigenvalue weighted by atomic mass is 9.91. The fraction of sp³-hybridized carbons (Fsp3) is 0.545. The maximum Gasteiger partial charge on any atom is 0.309 e. The van der Waals surface area contributed by atoms with Gasteiger partial charge in [0.2, 0.25) is 11.8 Å². The SMILES string of the molecule is C[C@H]1C(=O)Nc2ccc(C(=O)COC(=O)C3CCN(C(=O)C(C)(C)C)CC3)cc21. The van der Waals surface area contributed by atoms with Crippen molar-refractivity contribution < 1.29 is 23.9 Å². The molecule has 1 saturated heterocycles. The quantitative estimate of drug-likeness (QED) is 0.620. The zero-order chi connectivity index (χ0) is 21.3. The van der Waals surface area contributed by atoms with Crippen LogP contribution in [0.3, 0.4) is 0 Å². The van der Waals surface area contributed by atoms with Crippen LogP contribution < -0.4 is 5.32 Å². The molecule has 1 atom stereocenters. The van der Waals surface area contributed by atoms with Gasteiger partial charge in [-0.2, -0.15) is 0 Å². The molecule has 2 heterocycles. The number of amides is 2. The third-order valence-corrected chi connectivity index (χ3v) is 5.59. The summed E-state index contributed by atoms with van der Waals surface area (Å²) in [6.07, 6.45) is 1.08. The molecule has 2 aliphatic heterocycles. The van der Waals surface area contributed by atoms with Crippen LogP contribution in [0.1, 0.15) is 62.4 Å². The van der Waals surface area contributed by atoms with Crippen molar-refractivity contribution in [1.29, 1.82) is 0 Å². The van der Waals surface area contributed by atoms with E-state index in [1.807, 2.05) is 20.8 Å². The number of ketones is 1. The molecule has 0 aromatic heterocycles. The number of carbonyl (C=O) groups excluding carboxylic acids is 4. The van der Waals surface area contributed by atoms with E-state index in [1.165, 1.54) is 0 Å². The van der Waals surface area contributed by atoms with Gasteiger partial charge in [0, 0.05) is 29.8 Å². The Morgan fingerprint density at radius 2 is 1.83 bits per heavy atom. The maximum absolute atomic E-state index is 12.4. The summed E-state index contributed by atoms with van der Waals surface area (Å²) >= 11 is 0. The number of ether oxygens (including phenoxy) is 1. The Balaban J connectivity index is 1.51. The number of fused-ring (bicyclic) bond motifs is 1. The molecule has 1 N–H and O–H groups in total. The van der Waals surface area contributed by atoms with E-state index in [0.717, 1.165) is 5.56 Å². The molecule has 0 unspecified atom stereocenters. The Kier molecular flexibility index (Phi) is 5.78. The Hall–Kier alpha value is -2.70. The number of hydrogen-bond donors (Lipinski definition) is 1. The Labute approximate surface area is 170 Å². The van der Waals surface area contributed by atoms with Crippen LogP contribution in [0.5, 0.6) is 0 Å². The Morgan fingerprint density at radius 3 is 2.45 bits per heavy atom. The highest BCUT2D eigenvalue weighted by Gasteiger charge is 2.33. The van der Waals surface area contributed by atoms with Crippen molar-refractivity contribution in [1.82, 2.24) is 4.90 Å². The molecule has 1 aromatic rings. The molecular weight excluding hydrogens is 372 g/mol. The van der Waals surface area contributed by atoms with Gasteiger partial charge in [-0.25, -0.2) is 0 Å². The second-order valence-corrected chi connectivity index (χ2v) is 8.86.